The molecule has 0 saturated heterocycles. The highest BCUT2D eigenvalue weighted by Gasteiger charge is 2.32. The van der Waals surface area contributed by atoms with Crippen LogP contribution in [0.15, 0.2) is 79.3 Å². The molecule has 0 unspecified atom stereocenters. The Morgan fingerprint density at radius 3 is 2.42 bits per heavy atom. The van der Waals surface area contributed by atoms with E-state index in [0.29, 0.717) is 31.0 Å². The van der Waals surface area contributed by atoms with Crippen LogP contribution in [0.1, 0.15) is 57.7 Å². The number of imidazole rings is 1. The number of nitrogens with one attached hydrogen (secondary N) is 1. The van der Waals surface area contributed by atoms with Gasteiger partial charge in [0, 0.05) is 26.1 Å². The van der Waals surface area contributed by atoms with Crippen molar-refractivity contribution in [1.29, 1.82) is 5.26 Å². The van der Waals surface area contributed by atoms with E-state index in [2.05, 4.69) is 65.4 Å². The van der Waals surface area contributed by atoms with Gasteiger partial charge in [0.25, 0.3) is 0 Å². The Bertz CT molecular complexity index is 1560. The lowest BCUT2D eigenvalue weighted by Crippen LogP contribution is -2.52. The van der Waals surface area contributed by atoms with Crippen LogP contribution in [0.4, 0.5) is 5.82 Å². The van der Waals surface area contributed by atoms with Gasteiger partial charge in [0.2, 0.25) is 11.8 Å². The Labute approximate surface area is 254 Å². The third-order valence-corrected chi connectivity index (χ3v) is 7.88. The van der Waals surface area contributed by atoms with Crippen molar-refractivity contribution in [1.82, 2.24) is 19.8 Å². The van der Waals surface area contributed by atoms with E-state index in [1.807, 2.05) is 47.6 Å². The molecule has 0 aliphatic heterocycles. The van der Waals surface area contributed by atoms with Gasteiger partial charge in [-0.25, -0.2) is 4.98 Å². The summed E-state index contributed by atoms with van der Waals surface area (Å²) < 4.78 is 1.97. The van der Waals surface area contributed by atoms with Crippen LogP contribution in [0, 0.1) is 17.2 Å². The predicted molar refractivity (Wildman–Crippen MR) is 171 cm³/mol. The van der Waals surface area contributed by atoms with Crippen LogP contribution in [0.25, 0.3) is 10.8 Å². The van der Waals surface area contributed by atoms with Gasteiger partial charge in [0.15, 0.2) is 0 Å². The van der Waals surface area contributed by atoms with Crippen LogP contribution < -0.4 is 10.2 Å². The average molecular weight is 579 g/mol. The van der Waals surface area contributed by atoms with Crippen LogP contribution in [0.2, 0.25) is 0 Å². The van der Waals surface area contributed by atoms with Crippen LogP contribution >= 0.6 is 0 Å². The fourth-order valence-corrected chi connectivity index (χ4v) is 5.56. The van der Waals surface area contributed by atoms with E-state index < -0.39 is 0 Å². The molecule has 0 aliphatic carbocycles. The first-order valence-electron chi connectivity index (χ1n) is 15.0. The molecule has 1 aromatic heterocycles. The number of amides is 2. The lowest BCUT2D eigenvalue weighted by atomic mass is 9.96. The van der Waals surface area contributed by atoms with Gasteiger partial charge < -0.3 is 9.88 Å². The van der Waals surface area contributed by atoms with Gasteiger partial charge in [-0.1, -0.05) is 74.9 Å². The molecule has 3 aromatic carbocycles. The maximum absolute atomic E-state index is 13.4. The highest BCUT2D eigenvalue weighted by molar-refractivity contribution is 5.91. The topological polar surface area (TPSA) is 94.3 Å². The molecule has 8 heteroatoms. The molecule has 43 heavy (non-hydrogen) atoms. The molecule has 0 radical (unpaired) electrons. The highest BCUT2D eigenvalue weighted by atomic mass is 16.2. The van der Waals surface area contributed by atoms with Gasteiger partial charge in [-0.3, -0.25) is 19.4 Å². The van der Waals surface area contributed by atoms with Crippen molar-refractivity contribution in [3.8, 4) is 6.07 Å². The second-order valence-electron chi connectivity index (χ2n) is 11.6. The van der Waals surface area contributed by atoms with Gasteiger partial charge in [-0.05, 0) is 53.8 Å². The minimum absolute atomic E-state index is 0.0302. The third-order valence-electron chi connectivity index (χ3n) is 7.88. The van der Waals surface area contributed by atoms with E-state index in [-0.39, 0.29) is 36.4 Å². The summed E-state index contributed by atoms with van der Waals surface area (Å²) in [7, 11) is 0. The number of rotatable bonds is 13. The lowest BCUT2D eigenvalue weighted by molar-refractivity contribution is -0.123. The smallest absolute Gasteiger partial charge is 0.234 e. The van der Waals surface area contributed by atoms with E-state index in [0.717, 1.165) is 28.3 Å². The molecule has 0 aliphatic rings. The Kier molecular flexibility index (Phi) is 10.7. The molecule has 0 fully saturated rings. The van der Waals surface area contributed by atoms with Gasteiger partial charge >= 0.3 is 0 Å². The van der Waals surface area contributed by atoms with E-state index in [1.165, 1.54) is 0 Å². The summed E-state index contributed by atoms with van der Waals surface area (Å²) in [6.07, 6.45) is 4.33. The zero-order chi connectivity index (χ0) is 30.9. The monoisotopic (exact) mass is 578 g/mol. The fraction of sp³-hybridized carbons (Fsp3) is 0.371. The van der Waals surface area contributed by atoms with Gasteiger partial charge in [0.05, 0.1) is 43.3 Å². The first-order chi connectivity index (χ1) is 20.7. The van der Waals surface area contributed by atoms with Crippen molar-refractivity contribution in [2.24, 2.45) is 5.92 Å². The molecule has 2 atom stereocenters. The second-order valence-corrected chi connectivity index (χ2v) is 11.6. The summed E-state index contributed by atoms with van der Waals surface area (Å²) in [5.41, 5.74) is 2.74. The van der Waals surface area contributed by atoms with Crippen LogP contribution in [0.5, 0.6) is 0 Å². The van der Waals surface area contributed by atoms with Crippen molar-refractivity contribution in [2.45, 2.75) is 66.2 Å². The minimum atomic E-state index is -0.208. The molecule has 0 bridgehead atoms. The van der Waals surface area contributed by atoms with Crippen molar-refractivity contribution >= 4 is 28.4 Å². The van der Waals surface area contributed by atoms with E-state index in [9.17, 15) is 14.9 Å². The summed E-state index contributed by atoms with van der Waals surface area (Å²) >= 11 is 0. The number of anilines is 1. The number of nitriles is 1. The standard InChI is InChI=1S/C35H42N6O2/c1-6-26(4)33(41(27(5)42)35-19-37-24-40(35)20-29-16-14-28(18-36)15-17-29)22-39(23-34(43)38-25(2)3)21-31-12-9-11-30-10-7-8-13-32(30)31/h7-17,19,24-26,33H,6,20-23H2,1-5H3,(H,38,43)/t26-,33+/m0/s1. The number of benzene rings is 3. The summed E-state index contributed by atoms with van der Waals surface area (Å²) in [4.78, 5) is 35.0. The maximum Gasteiger partial charge on any atom is 0.234 e. The number of nitrogens with zero attached hydrogens (tertiary/aromatic N) is 5. The largest absolute Gasteiger partial charge is 0.353 e. The van der Waals surface area contributed by atoms with Gasteiger partial charge in [0.1, 0.15) is 5.82 Å². The molecule has 1 heterocycles. The molecule has 0 spiro atoms. The van der Waals surface area contributed by atoms with Gasteiger partial charge in [-0.15, -0.1) is 0 Å². The number of hydrogen-bond donors (Lipinski definition) is 1. The van der Waals surface area contributed by atoms with E-state index in [1.54, 1.807) is 31.6 Å². The predicted octanol–water partition coefficient (Wildman–Crippen LogP) is 5.75. The number of aromatic nitrogens is 2. The Morgan fingerprint density at radius 1 is 1.02 bits per heavy atom. The van der Waals surface area contributed by atoms with Crippen LogP contribution in [-0.2, 0) is 22.7 Å². The highest BCUT2D eigenvalue weighted by Crippen LogP contribution is 2.27. The Hall–Kier alpha value is -4.48. The molecular weight excluding hydrogens is 536 g/mol. The molecule has 4 rings (SSSR count). The Morgan fingerprint density at radius 2 is 1.74 bits per heavy atom. The molecule has 224 valence electrons. The molecular formula is C35H42N6O2. The number of carbonyl (C=O) groups is 2. The van der Waals surface area contributed by atoms with Crippen LogP contribution in [-0.4, -0.2) is 51.4 Å². The zero-order valence-corrected chi connectivity index (χ0v) is 25.8. The summed E-state index contributed by atoms with van der Waals surface area (Å²) in [5, 5.41) is 14.5. The van der Waals surface area contributed by atoms with Crippen molar-refractivity contribution in [3.63, 3.8) is 0 Å². The van der Waals surface area contributed by atoms with Crippen molar-refractivity contribution in [3.05, 3.63) is 95.9 Å². The Balaban J connectivity index is 1.69. The second kappa shape index (κ2) is 14.6. The van der Waals surface area contributed by atoms with Gasteiger partial charge in [-0.2, -0.15) is 5.26 Å². The molecule has 8 nitrogen and oxygen atoms in total. The number of fused-ring (bicyclic) bond motifs is 1. The molecule has 4 aromatic rings. The number of hydrogen-bond acceptors (Lipinski definition) is 5. The quantitative estimate of drug-likeness (QED) is 0.218. The first-order valence-corrected chi connectivity index (χ1v) is 15.0. The summed E-state index contributed by atoms with van der Waals surface area (Å²) in [5.74, 6) is 0.728. The van der Waals surface area contributed by atoms with E-state index >= 15 is 0 Å². The zero-order valence-electron chi connectivity index (χ0n) is 25.8. The van der Waals surface area contributed by atoms with Crippen molar-refractivity contribution in [2.75, 3.05) is 18.0 Å². The third kappa shape index (κ3) is 8.08. The fourth-order valence-electron chi connectivity index (χ4n) is 5.56. The summed E-state index contributed by atoms with van der Waals surface area (Å²) in [6, 6.07) is 24.0. The normalized spacial score (nSPS) is 12.7. The van der Waals surface area contributed by atoms with Crippen LogP contribution in [0.3, 0.4) is 0 Å². The van der Waals surface area contributed by atoms with E-state index in [4.69, 9.17) is 0 Å². The molecule has 1 N–H and O–H groups in total. The molecule has 0 saturated carbocycles. The molecule has 2 amide bonds. The SMILES string of the molecule is CC[C@H](C)[C@@H](CN(CC(=O)NC(C)C)Cc1cccc2ccccc12)N(C(C)=O)c1cncn1Cc1ccc(C#N)cc1. The summed E-state index contributed by atoms with van der Waals surface area (Å²) in [6.45, 7) is 11.6. The maximum atomic E-state index is 13.4. The van der Waals surface area contributed by atoms with Crippen molar-refractivity contribution < 1.29 is 9.59 Å². The first kappa shape index (κ1) is 31.5. The lowest BCUT2D eigenvalue weighted by Gasteiger charge is -2.38. The number of carbonyl (C=O) groups excluding carboxylic acids is 2. The minimum Gasteiger partial charge on any atom is -0.353 e. The average Bonchev–Trinajstić information content (AvgIpc) is 3.43.